The zero-order valence-electron chi connectivity index (χ0n) is 10.2. The highest BCUT2D eigenvalue weighted by Crippen LogP contribution is 2.26. The third kappa shape index (κ3) is 3.63. The van der Waals surface area contributed by atoms with E-state index in [1.165, 1.54) is 23.1 Å². The molecule has 0 saturated carbocycles. The average molecular weight is 246 g/mol. The minimum Gasteiger partial charge on any atom is -0.369 e. The number of nitrogens with one attached hydrogen (secondary N) is 1. The van der Waals surface area contributed by atoms with Gasteiger partial charge < -0.3 is 10.2 Å². The van der Waals surface area contributed by atoms with Crippen molar-refractivity contribution in [3.8, 4) is 0 Å². The van der Waals surface area contributed by atoms with E-state index in [9.17, 15) is 13.2 Å². The molecule has 5 heteroatoms. The molecular formula is C12H17F3N2. The first-order chi connectivity index (χ1) is 7.95. The summed E-state index contributed by atoms with van der Waals surface area (Å²) in [4.78, 5) is 1.44. The van der Waals surface area contributed by atoms with E-state index in [-0.39, 0.29) is 18.4 Å². The molecule has 17 heavy (non-hydrogen) atoms. The van der Waals surface area contributed by atoms with Gasteiger partial charge in [0.15, 0.2) is 0 Å². The number of hydrogen-bond acceptors (Lipinski definition) is 2. The molecule has 1 aromatic carbocycles. The third-order valence-corrected chi connectivity index (χ3v) is 2.71. The molecule has 0 fully saturated rings. The Morgan fingerprint density at radius 2 is 2.00 bits per heavy atom. The van der Waals surface area contributed by atoms with Crippen molar-refractivity contribution in [3.05, 3.63) is 29.6 Å². The van der Waals surface area contributed by atoms with Crippen LogP contribution in [0.25, 0.3) is 0 Å². The maximum Gasteiger partial charge on any atom is 0.255 e. The molecule has 0 aromatic heterocycles. The van der Waals surface area contributed by atoms with Crippen LogP contribution < -0.4 is 10.2 Å². The van der Waals surface area contributed by atoms with Gasteiger partial charge in [0.05, 0.1) is 6.54 Å². The van der Waals surface area contributed by atoms with Gasteiger partial charge in [-0.1, -0.05) is 0 Å². The second-order valence-electron chi connectivity index (χ2n) is 3.99. The highest BCUT2D eigenvalue weighted by atomic mass is 19.3. The second kappa shape index (κ2) is 5.91. The topological polar surface area (TPSA) is 15.3 Å². The van der Waals surface area contributed by atoms with Gasteiger partial charge in [-0.15, -0.1) is 0 Å². The number of nitrogens with zero attached hydrogens (tertiary/aromatic N) is 1. The van der Waals surface area contributed by atoms with Crippen LogP contribution in [-0.2, 0) is 0 Å². The molecule has 0 aliphatic heterocycles. The highest BCUT2D eigenvalue weighted by molar-refractivity contribution is 5.54. The molecule has 1 rings (SSSR count). The van der Waals surface area contributed by atoms with Gasteiger partial charge in [0, 0.05) is 18.8 Å². The predicted molar refractivity (Wildman–Crippen MR) is 63.1 cm³/mol. The average Bonchev–Trinajstić information content (AvgIpc) is 2.26. The molecular weight excluding hydrogens is 229 g/mol. The zero-order chi connectivity index (χ0) is 13.0. The van der Waals surface area contributed by atoms with Gasteiger partial charge in [-0.25, -0.2) is 13.2 Å². The summed E-state index contributed by atoms with van der Waals surface area (Å²) < 4.78 is 37.8. The van der Waals surface area contributed by atoms with Crippen molar-refractivity contribution in [2.45, 2.75) is 19.4 Å². The molecule has 1 atom stereocenters. The lowest BCUT2D eigenvalue weighted by Gasteiger charge is -2.24. The molecule has 2 nitrogen and oxygen atoms in total. The maximum atomic E-state index is 13.2. The normalized spacial score (nSPS) is 12.9. The van der Waals surface area contributed by atoms with E-state index in [1.54, 1.807) is 14.1 Å². The van der Waals surface area contributed by atoms with Crippen molar-refractivity contribution < 1.29 is 13.2 Å². The monoisotopic (exact) mass is 246 g/mol. The van der Waals surface area contributed by atoms with Gasteiger partial charge in [0.25, 0.3) is 6.43 Å². The summed E-state index contributed by atoms with van der Waals surface area (Å²) in [6.07, 6.45) is -2.41. The fraction of sp³-hybridized carbons (Fsp3) is 0.500. The van der Waals surface area contributed by atoms with Crippen LogP contribution in [0.1, 0.15) is 18.5 Å². The summed E-state index contributed by atoms with van der Waals surface area (Å²) in [6.45, 7) is 1.49. The lowest BCUT2D eigenvalue weighted by atomic mass is 10.1. The Morgan fingerprint density at radius 3 is 2.53 bits per heavy atom. The Balaban J connectivity index is 3.05. The smallest absolute Gasteiger partial charge is 0.255 e. The Bertz CT molecular complexity index is 369. The molecule has 1 aromatic rings. The number of anilines is 1. The predicted octanol–water partition coefficient (Wildman–Crippen LogP) is 2.81. The number of halogens is 3. The van der Waals surface area contributed by atoms with Crippen molar-refractivity contribution in [2.24, 2.45) is 0 Å². The highest BCUT2D eigenvalue weighted by Gasteiger charge is 2.15. The first-order valence-corrected chi connectivity index (χ1v) is 5.41. The molecule has 1 unspecified atom stereocenters. The lowest BCUT2D eigenvalue weighted by Crippen LogP contribution is -2.26. The maximum absolute atomic E-state index is 13.2. The van der Waals surface area contributed by atoms with Gasteiger partial charge in [-0.05, 0) is 37.7 Å². The second-order valence-corrected chi connectivity index (χ2v) is 3.99. The molecule has 0 aliphatic rings. The summed E-state index contributed by atoms with van der Waals surface area (Å²) in [5.41, 5.74) is 1.30. The molecule has 0 spiro atoms. The van der Waals surface area contributed by atoms with Crippen LogP contribution in [-0.4, -0.2) is 27.1 Å². The Kier molecular flexibility index (Phi) is 4.81. The Labute approximate surface area is 99.4 Å². The number of hydrogen-bond donors (Lipinski definition) is 1. The van der Waals surface area contributed by atoms with E-state index in [1.807, 2.05) is 6.92 Å². The van der Waals surface area contributed by atoms with E-state index in [0.717, 1.165) is 0 Å². The van der Waals surface area contributed by atoms with Gasteiger partial charge >= 0.3 is 0 Å². The molecule has 0 aliphatic carbocycles. The van der Waals surface area contributed by atoms with E-state index in [0.29, 0.717) is 11.3 Å². The van der Waals surface area contributed by atoms with Crippen LogP contribution in [0, 0.1) is 5.82 Å². The molecule has 0 amide bonds. The van der Waals surface area contributed by atoms with Crippen LogP contribution in [0.5, 0.6) is 0 Å². The fourth-order valence-corrected chi connectivity index (χ4v) is 1.68. The fourth-order valence-electron chi connectivity index (χ4n) is 1.68. The van der Waals surface area contributed by atoms with Crippen LogP contribution in [0.3, 0.4) is 0 Å². The van der Waals surface area contributed by atoms with Gasteiger partial charge in [0.1, 0.15) is 5.82 Å². The zero-order valence-corrected chi connectivity index (χ0v) is 10.2. The Hall–Kier alpha value is -1.23. The largest absolute Gasteiger partial charge is 0.369 e. The van der Waals surface area contributed by atoms with Gasteiger partial charge in [0.2, 0.25) is 0 Å². The summed E-state index contributed by atoms with van der Waals surface area (Å²) in [5.74, 6) is -0.365. The van der Waals surface area contributed by atoms with Crippen molar-refractivity contribution >= 4 is 5.69 Å². The minimum absolute atomic E-state index is 0.0965. The number of rotatable bonds is 5. The number of alkyl halides is 2. The van der Waals surface area contributed by atoms with Crippen LogP contribution >= 0.6 is 0 Å². The summed E-state index contributed by atoms with van der Waals surface area (Å²) in [7, 11) is 3.32. The van der Waals surface area contributed by atoms with Crippen LogP contribution in [0.4, 0.5) is 18.9 Å². The first kappa shape index (κ1) is 13.8. The van der Waals surface area contributed by atoms with Crippen molar-refractivity contribution in [3.63, 3.8) is 0 Å². The quantitative estimate of drug-likeness (QED) is 0.859. The Morgan fingerprint density at radius 1 is 1.35 bits per heavy atom. The number of benzene rings is 1. The molecule has 0 heterocycles. The molecule has 0 saturated heterocycles. The molecule has 0 radical (unpaired) electrons. The third-order valence-electron chi connectivity index (χ3n) is 2.71. The van der Waals surface area contributed by atoms with Gasteiger partial charge in [-0.2, -0.15) is 0 Å². The van der Waals surface area contributed by atoms with Crippen LogP contribution in [0.15, 0.2) is 18.2 Å². The van der Waals surface area contributed by atoms with E-state index in [2.05, 4.69) is 5.32 Å². The molecule has 1 N–H and O–H groups in total. The van der Waals surface area contributed by atoms with E-state index >= 15 is 0 Å². The van der Waals surface area contributed by atoms with Gasteiger partial charge in [-0.3, -0.25) is 0 Å². The van der Waals surface area contributed by atoms with Crippen molar-refractivity contribution in [1.82, 2.24) is 5.32 Å². The molecule has 96 valence electrons. The standard InChI is InChI=1S/C12H17F3N2/c1-8(16-2)10-6-9(13)4-5-11(10)17(3)7-12(14)15/h4-6,8,12,16H,7H2,1-3H3. The van der Waals surface area contributed by atoms with E-state index in [4.69, 9.17) is 0 Å². The van der Waals surface area contributed by atoms with Crippen molar-refractivity contribution in [2.75, 3.05) is 25.5 Å². The molecule has 0 bridgehead atoms. The summed E-state index contributed by atoms with van der Waals surface area (Å²) >= 11 is 0. The van der Waals surface area contributed by atoms with Crippen molar-refractivity contribution in [1.29, 1.82) is 0 Å². The summed E-state index contributed by atoms with van der Waals surface area (Å²) in [5, 5.41) is 2.98. The lowest BCUT2D eigenvalue weighted by molar-refractivity contribution is 0.156. The SMILES string of the molecule is CNC(C)c1cc(F)ccc1N(C)CC(F)F. The summed E-state index contributed by atoms with van der Waals surface area (Å²) in [6, 6.07) is 4.09. The minimum atomic E-state index is -2.41. The first-order valence-electron chi connectivity index (χ1n) is 5.41. The van der Waals surface area contributed by atoms with Crippen LogP contribution in [0.2, 0.25) is 0 Å². The van der Waals surface area contributed by atoms with E-state index < -0.39 is 6.43 Å².